The first-order valence-corrected chi connectivity index (χ1v) is 7.91. The smallest absolute Gasteiger partial charge is 0.142 e. The van der Waals surface area contributed by atoms with Crippen molar-refractivity contribution in [2.75, 3.05) is 33.2 Å². The first-order chi connectivity index (χ1) is 11.0. The summed E-state index contributed by atoms with van der Waals surface area (Å²) in [5, 5.41) is 11.5. The highest BCUT2D eigenvalue weighted by Crippen LogP contribution is 2.22. The molecule has 1 aromatic carbocycles. The van der Waals surface area contributed by atoms with Crippen LogP contribution in [0.25, 0.3) is 5.69 Å². The molecule has 3 rings (SSSR count). The van der Waals surface area contributed by atoms with Crippen molar-refractivity contribution < 1.29 is 4.39 Å². The maximum atomic E-state index is 13.0. The summed E-state index contributed by atoms with van der Waals surface area (Å²) in [6, 6.07) is 6.07. The number of aryl methyl sites for hydroxylation is 1. The van der Waals surface area contributed by atoms with E-state index in [9.17, 15) is 4.39 Å². The molecule has 5 nitrogen and oxygen atoms in total. The molecule has 0 unspecified atom stereocenters. The van der Waals surface area contributed by atoms with Gasteiger partial charge in [-0.3, -0.25) is 5.01 Å². The van der Waals surface area contributed by atoms with Gasteiger partial charge in [0.25, 0.3) is 0 Å². The van der Waals surface area contributed by atoms with Gasteiger partial charge in [0.1, 0.15) is 11.0 Å². The molecule has 1 aromatic heterocycles. The molecule has 1 fully saturated rings. The van der Waals surface area contributed by atoms with Gasteiger partial charge in [0, 0.05) is 26.2 Å². The lowest BCUT2D eigenvalue weighted by molar-refractivity contribution is 0.159. The summed E-state index contributed by atoms with van der Waals surface area (Å²) in [6.45, 7) is 5.68. The molecule has 1 aliphatic heterocycles. The third-order valence-corrected chi connectivity index (χ3v) is 4.31. The standard InChI is InChI=1S/C16H19ClFN5/c1-12-15(11-19-22-9-7-21(2)8-10-22)16(17)23(20-12)14-5-3-13(18)4-6-14/h3-6,11H,7-10H2,1-2H3/b19-11+. The molecule has 0 aliphatic carbocycles. The lowest BCUT2D eigenvalue weighted by atomic mass is 10.3. The van der Waals surface area contributed by atoms with Crippen molar-refractivity contribution in [3.8, 4) is 5.69 Å². The molecule has 0 N–H and O–H groups in total. The predicted molar refractivity (Wildman–Crippen MR) is 89.9 cm³/mol. The molecule has 2 aromatic rings. The van der Waals surface area contributed by atoms with Crippen molar-refractivity contribution in [2.45, 2.75) is 6.92 Å². The topological polar surface area (TPSA) is 36.7 Å². The van der Waals surface area contributed by atoms with Crippen molar-refractivity contribution in [3.63, 3.8) is 0 Å². The predicted octanol–water partition coefficient (Wildman–Crippen LogP) is 2.55. The number of aromatic nitrogens is 2. The van der Waals surface area contributed by atoms with Gasteiger partial charge in [-0.05, 0) is 38.2 Å². The third-order valence-electron chi connectivity index (χ3n) is 3.95. The number of hydrogen-bond acceptors (Lipinski definition) is 4. The lowest BCUT2D eigenvalue weighted by Crippen LogP contribution is -2.41. The third kappa shape index (κ3) is 3.54. The van der Waals surface area contributed by atoms with Gasteiger partial charge in [-0.2, -0.15) is 10.2 Å². The Labute approximate surface area is 139 Å². The first kappa shape index (κ1) is 16.0. The summed E-state index contributed by atoms with van der Waals surface area (Å²) in [5.74, 6) is -0.286. The number of benzene rings is 1. The van der Waals surface area contributed by atoms with Crippen LogP contribution in [-0.4, -0.2) is 59.1 Å². The summed E-state index contributed by atoms with van der Waals surface area (Å²) in [5.41, 5.74) is 2.30. The van der Waals surface area contributed by atoms with Gasteiger partial charge in [0.15, 0.2) is 0 Å². The van der Waals surface area contributed by atoms with Gasteiger partial charge in [0.2, 0.25) is 0 Å². The van der Waals surface area contributed by atoms with Gasteiger partial charge in [-0.25, -0.2) is 9.07 Å². The Bertz CT molecular complexity index is 702. The highest BCUT2D eigenvalue weighted by atomic mass is 35.5. The summed E-state index contributed by atoms with van der Waals surface area (Å²) in [6.07, 6.45) is 1.76. The second-order valence-electron chi connectivity index (χ2n) is 5.68. The van der Waals surface area contributed by atoms with Crippen LogP contribution in [0, 0.1) is 12.7 Å². The SMILES string of the molecule is Cc1nn(-c2ccc(F)cc2)c(Cl)c1/C=N/N1CCN(C)CC1. The molecule has 0 radical (unpaired) electrons. The maximum absolute atomic E-state index is 13.0. The van der Waals surface area contributed by atoms with Crippen molar-refractivity contribution in [2.24, 2.45) is 5.10 Å². The van der Waals surface area contributed by atoms with Crippen molar-refractivity contribution in [3.05, 3.63) is 46.5 Å². The van der Waals surface area contributed by atoms with E-state index in [1.54, 1.807) is 23.0 Å². The summed E-state index contributed by atoms with van der Waals surface area (Å²) in [4.78, 5) is 2.27. The first-order valence-electron chi connectivity index (χ1n) is 7.53. The molecule has 122 valence electrons. The van der Waals surface area contributed by atoms with Crippen LogP contribution in [0.5, 0.6) is 0 Å². The Morgan fingerprint density at radius 1 is 1.17 bits per heavy atom. The molecule has 0 bridgehead atoms. The number of nitrogens with zero attached hydrogens (tertiary/aromatic N) is 5. The van der Waals surface area contributed by atoms with E-state index in [0.29, 0.717) is 5.15 Å². The van der Waals surface area contributed by atoms with Crippen molar-refractivity contribution in [1.29, 1.82) is 0 Å². The molecule has 0 saturated carbocycles. The number of hydrazone groups is 1. The Morgan fingerprint density at radius 3 is 2.48 bits per heavy atom. The van der Waals surface area contributed by atoms with E-state index < -0.39 is 0 Å². The quantitative estimate of drug-likeness (QED) is 0.809. The number of hydrogen-bond donors (Lipinski definition) is 0. The normalized spacial score (nSPS) is 16.4. The van der Waals surface area contributed by atoms with E-state index in [2.05, 4.69) is 22.1 Å². The van der Waals surface area contributed by atoms with E-state index in [0.717, 1.165) is 43.1 Å². The van der Waals surface area contributed by atoms with E-state index >= 15 is 0 Å². The molecule has 2 heterocycles. The zero-order valence-electron chi connectivity index (χ0n) is 13.2. The van der Waals surface area contributed by atoms with E-state index in [-0.39, 0.29) is 5.82 Å². The summed E-state index contributed by atoms with van der Waals surface area (Å²) >= 11 is 6.43. The molecule has 23 heavy (non-hydrogen) atoms. The Hall–Kier alpha value is -1.92. The van der Waals surface area contributed by atoms with Gasteiger partial charge in [-0.15, -0.1) is 0 Å². The Morgan fingerprint density at radius 2 is 1.83 bits per heavy atom. The van der Waals surface area contributed by atoms with Crippen LogP contribution in [-0.2, 0) is 0 Å². The zero-order chi connectivity index (χ0) is 16.4. The van der Waals surface area contributed by atoms with Gasteiger partial charge < -0.3 is 4.90 Å². The Kier molecular flexibility index (Phi) is 4.63. The monoisotopic (exact) mass is 335 g/mol. The van der Waals surface area contributed by atoms with E-state index in [1.807, 2.05) is 11.9 Å². The average molecular weight is 336 g/mol. The number of likely N-dealkylation sites (N-methyl/N-ethyl adjacent to an activating group) is 1. The fourth-order valence-corrected chi connectivity index (χ4v) is 2.78. The fourth-order valence-electron chi connectivity index (χ4n) is 2.46. The number of rotatable bonds is 3. The van der Waals surface area contributed by atoms with Crippen LogP contribution >= 0.6 is 11.6 Å². The highest BCUT2D eigenvalue weighted by molar-refractivity contribution is 6.32. The maximum Gasteiger partial charge on any atom is 0.142 e. The van der Waals surface area contributed by atoms with Crippen LogP contribution in [0.1, 0.15) is 11.3 Å². The zero-order valence-corrected chi connectivity index (χ0v) is 14.0. The molecular formula is C16H19ClFN5. The number of piperazine rings is 1. The summed E-state index contributed by atoms with van der Waals surface area (Å²) in [7, 11) is 2.11. The molecule has 7 heteroatoms. The summed E-state index contributed by atoms with van der Waals surface area (Å²) < 4.78 is 14.6. The fraction of sp³-hybridized carbons (Fsp3) is 0.375. The molecule has 0 spiro atoms. The van der Waals surface area contributed by atoms with Crippen molar-refractivity contribution in [1.82, 2.24) is 19.7 Å². The van der Waals surface area contributed by atoms with Crippen LogP contribution in [0.2, 0.25) is 5.15 Å². The second kappa shape index (κ2) is 6.68. The van der Waals surface area contributed by atoms with Crippen LogP contribution in [0.15, 0.2) is 29.4 Å². The Balaban J connectivity index is 1.82. The van der Waals surface area contributed by atoms with Crippen LogP contribution < -0.4 is 0 Å². The van der Waals surface area contributed by atoms with Gasteiger partial charge in [-0.1, -0.05) is 11.6 Å². The molecule has 0 amide bonds. The molecular weight excluding hydrogens is 317 g/mol. The van der Waals surface area contributed by atoms with Gasteiger partial charge in [0.05, 0.1) is 23.2 Å². The lowest BCUT2D eigenvalue weighted by Gasteiger charge is -2.30. The van der Waals surface area contributed by atoms with Crippen molar-refractivity contribution >= 4 is 17.8 Å². The molecule has 0 atom stereocenters. The van der Waals surface area contributed by atoms with E-state index in [4.69, 9.17) is 11.6 Å². The largest absolute Gasteiger partial charge is 0.303 e. The number of halogens is 2. The van der Waals surface area contributed by atoms with E-state index in [1.165, 1.54) is 12.1 Å². The van der Waals surface area contributed by atoms with Gasteiger partial charge >= 0.3 is 0 Å². The van der Waals surface area contributed by atoms with Crippen LogP contribution in [0.4, 0.5) is 4.39 Å². The molecule has 1 saturated heterocycles. The highest BCUT2D eigenvalue weighted by Gasteiger charge is 2.15. The minimum atomic E-state index is -0.286. The molecule has 1 aliphatic rings. The van der Waals surface area contributed by atoms with Crippen LogP contribution in [0.3, 0.4) is 0 Å². The second-order valence-corrected chi connectivity index (χ2v) is 6.04. The minimum Gasteiger partial charge on any atom is -0.303 e. The average Bonchev–Trinajstić information content (AvgIpc) is 2.82. The minimum absolute atomic E-state index is 0.286.